The summed E-state index contributed by atoms with van der Waals surface area (Å²) in [5.74, 6) is 0.352. The van der Waals surface area contributed by atoms with E-state index in [0.29, 0.717) is 19.1 Å². The van der Waals surface area contributed by atoms with Gasteiger partial charge in [0.15, 0.2) is 6.29 Å². The second kappa shape index (κ2) is 4.69. The van der Waals surface area contributed by atoms with Gasteiger partial charge < -0.3 is 18.9 Å². The summed E-state index contributed by atoms with van der Waals surface area (Å²) in [7, 11) is 0. The Morgan fingerprint density at radius 3 is 2.71 bits per heavy atom. The lowest BCUT2D eigenvalue weighted by molar-refractivity contribution is -0.311. The van der Waals surface area contributed by atoms with Gasteiger partial charge >= 0.3 is 0 Å². The molecule has 0 unspecified atom stereocenters. The SMILES string of the molecule is C[C@@H]1OC[C@H]2O[C@H]3CC=CCO[C@@H]3[C@@H](C)[C@@H]2O1. The molecular formula is C13H20O4. The van der Waals surface area contributed by atoms with Crippen LogP contribution in [-0.4, -0.2) is 43.9 Å². The van der Waals surface area contributed by atoms with E-state index in [0.717, 1.165) is 6.42 Å². The van der Waals surface area contributed by atoms with Crippen molar-refractivity contribution in [2.45, 2.75) is 51.0 Å². The van der Waals surface area contributed by atoms with Gasteiger partial charge in [-0.2, -0.15) is 0 Å². The van der Waals surface area contributed by atoms with Gasteiger partial charge in [0.25, 0.3) is 0 Å². The molecule has 4 heteroatoms. The van der Waals surface area contributed by atoms with Crippen molar-refractivity contribution in [2.75, 3.05) is 13.2 Å². The smallest absolute Gasteiger partial charge is 0.155 e. The quantitative estimate of drug-likeness (QED) is 0.601. The molecule has 2 saturated heterocycles. The Bertz CT molecular complexity index is 302. The maximum absolute atomic E-state index is 6.07. The van der Waals surface area contributed by atoms with E-state index < -0.39 is 0 Å². The molecule has 0 aromatic rings. The zero-order valence-electron chi connectivity index (χ0n) is 10.4. The second-order valence-electron chi connectivity index (χ2n) is 5.08. The van der Waals surface area contributed by atoms with Crippen LogP contribution in [0.25, 0.3) is 0 Å². The summed E-state index contributed by atoms with van der Waals surface area (Å²) in [6, 6.07) is 0. The summed E-state index contributed by atoms with van der Waals surface area (Å²) < 4.78 is 23.3. The van der Waals surface area contributed by atoms with E-state index in [1.165, 1.54) is 0 Å². The van der Waals surface area contributed by atoms with Crippen LogP contribution >= 0.6 is 0 Å². The van der Waals surface area contributed by atoms with Crippen LogP contribution in [0, 0.1) is 5.92 Å². The van der Waals surface area contributed by atoms with Crippen LogP contribution in [0.3, 0.4) is 0 Å². The van der Waals surface area contributed by atoms with E-state index in [1.807, 2.05) is 6.92 Å². The lowest BCUT2D eigenvalue weighted by atomic mass is 9.86. The minimum atomic E-state index is -0.136. The molecule has 2 fully saturated rings. The first-order valence-electron chi connectivity index (χ1n) is 6.45. The average molecular weight is 240 g/mol. The number of ether oxygens (including phenoxy) is 4. The van der Waals surface area contributed by atoms with Crippen LogP contribution in [0.5, 0.6) is 0 Å². The first-order chi connectivity index (χ1) is 8.25. The predicted molar refractivity (Wildman–Crippen MR) is 61.6 cm³/mol. The molecule has 0 radical (unpaired) electrons. The molecule has 3 rings (SSSR count). The highest BCUT2D eigenvalue weighted by Gasteiger charge is 2.47. The molecule has 96 valence electrons. The van der Waals surface area contributed by atoms with Crippen molar-refractivity contribution in [3.63, 3.8) is 0 Å². The van der Waals surface area contributed by atoms with Gasteiger partial charge in [-0.1, -0.05) is 19.1 Å². The molecule has 3 aliphatic rings. The third kappa shape index (κ3) is 2.15. The van der Waals surface area contributed by atoms with E-state index in [9.17, 15) is 0 Å². The summed E-state index contributed by atoms with van der Waals surface area (Å²) >= 11 is 0. The number of fused-ring (bicyclic) bond motifs is 2. The molecule has 0 saturated carbocycles. The van der Waals surface area contributed by atoms with Crippen LogP contribution in [-0.2, 0) is 18.9 Å². The maximum atomic E-state index is 6.07. The molecule has 0 aromatic heterocycles. The molecule has 3 aliphatic heterocycles. The van der Waals surface area contributed by atoms with E-state index in [1.54, 1.807) is 0 Å². The minimum absolute atomic E-state index is 0.0533. The summed E-state index contributed by atoms with van der Waals surface area (Å²) in [6.07, 6.45) is 5.43. The highest BCUT2D eigenvalue weighted by molar-refractivity contribution is 4.99. The normalized spacial score (nSPS) is 50.2. The molecule has 17 heavy (non-hydrogen) atoms. The van der Waals surface area contributed by atoms with Gasteiger partial charge in [0.2, 0.25) is 0 Å². The molecule has 0 bridgehead atoms. The largest absolute Gasteiger partial charge is 0.371 e. The van der Waals surface area contributed by atoms with Crippen molar-refractivity contribution in [1.29, 1.82) is 0 Å². The fourth-order valence-corrected chi connectivity index (χ4v) is 2.99. The van der Waals surface area contributed by atoms with Crippen molar-refractivity contribution in [3.05, 3.63) is 12.2 Å². The van der Waals surface area contributed by atoms with Gasteiger partial charge in [0.1, 0.15) is 6.10 Å². The Morgan fingerprint density at radius 1 is 0.941 bits per heavy atom. The first kappa shape index (κ1) is 11.7. The molecule has 6 atom stereocenters. The van der Waals surface area contributed by atoms with E-state index in [2.05, 4.69) is 19.1 Å². The summed E-state index contributed by atoms with van der Waals surface area (Å²) in [5.41, 5.74) is 0. The van der Waals surface area contributed by atoms with Crippen molar-refractivity contribution >= 4 is 0 Å². The van der Waals surface area contributed by atoms with Crippen molar-refractivity contribution in [1.82, 2.24) is 0 Å². The highest BCUT2D eigenvalue weighted by atomic mass is 16.7. The molecule has 0 aliphatic carbocycles. The molecule has 0 aromatic carbocycles. The zero-order valence-corrected chi connectivity index (χ0v) is 10.4. The molecule has 0 N–H and O–H groups in total. The van der Waals surface area contributed by atoms with Crippen molar-refractivity contribution in [3.8, 4) is 0 Å². The van der Waals surface area contributed by atoms with Crippen LogP contribution < -0.4 is 0 Å². The highest BCUT2D eigenvalue weighted by Crippen LogP contribution is 2.35. The van der Waals surface area contributed by atoms with Crippen LogP contribution in [0.4, 0.5) is 0 Å². The predicted octanol–water partition coefficient (Wildman–Crippen LogP) is 1.50. The zero-order chi connectivity index (χ0) is 11.8. The standard InChI is InChI=1S/C13H20O4/c1-8-12-10(5-3-4-6-14-12)17-11-7-15-9(2)16-13(8)11/h3-4,8-13H,5-7H2,1-2H3/t8-,9-,10+,11-,12-,13+/m1/s1. The summed E-state index contributed by atoms with van der Waals surface area (Å²) in [6.45, 7) is 5.44. The molecular weight excluding hydrogens is 220 g/mol. The summed E-state index contributed by atoms with van der Waals surface area (Å²) in [4.78, 5) is 0. The Labute approximate surface area is 102 Å². The van der Waals surface area contributed by atoms with Gasteiger partial charge in [-0.05, 0) is 13.3 Å². The molecule has 4 nitrogen and oxygen atoms in total. The topological polar surface area (TPSA) is 36.9 Å². The van der Waals surface area contributed by atoms with E-state index in [4.69, 9.17) is 18.9 Å². The molecule has 0 spiro atoms. The molecule has 0 amide bonds. The van der Waals surface area contributed by atoms with E-state index >= 15 is 0 Å². The number of rotatable bonds is 0. The third-order valence-electron chi connectivity index (χ3n) is 3.88. The fourth-order valence-electron chi connectivity index (χ4n) is 2.99. The monoisotopic (exact) mass is 240 g/mol. The van der Waals surface area contributed by atoms with Crippen molar-refractivity contribution < 1.29 is 18.9 Å². The van der Waals surface area contributed by atoms with Gasteiger partial charge in [-0.25, -0.2) is 0 Å². The Hall–Kier alpha value is -0.420. The lowest BCUT2D eigenvalue weighted by Crippen LogP contribution is -2.59. The minimum Gasteiger partial charge on any atom is -0.371 e. The Balaban J connectivity index is 1.77. The van der Waals surface area contributed by atoms with Gasteiger partial charge in [-0.15, -0.1) is 0 Å². The van der Waals surface area contributed by atoms with Gasteiger partial charge in [0.05, 0.1) is 31.5 Å². The van der Waals surface area contributed by atoms with Gasteiger partial charge in [0, 0.05) is 5.92 Å². The fraction of sp³-hybridized carbons (Fsp3) is 0.846. The van der Waals surface area contributed by atoms with Crippen LogP contribution in [0.15, 0.2) is 12.2 Å². The Kier molecular flexibility index (Phi) is 3.21. The lowest BCUT2D eigenvalue weighted by Gasteiger charge is -2.47. The molecule has 3 heterocycles. The number of hydrogen-bond donors (Lipinski definition) is 0. The third-order valence-corrected chi connectivity index (χ3v) is 3.88. The van der Waals surface area contributed by atoms with Gasteiger partial charge in [-0.3, -0.25) is 0 Å². The maximum Gasteiger partial charge on any atom is 0.155 e. The summed E-state index contributed by atoms with van der Waals surface area (Å²) in [5, 5.41) is 0. The van der Waals surface area contributed by atoms with Crippen LogP contribution in [0.1, 0.15) is 20.3 Å². The average Bonchev–Trinajstić information content (AvgIpc) is 2.56. The Morgan fingerprint density at radius 2 is 1.82 bits per heavy atom. The first-order valence-corrected chi connectivity index (χ1v) is 6.45. The second-order valence-corrected chi connectivity index (χ2v) is 5.08. The van der Waals surface area contributed by atoms with E-state index in [-0.39, 0.29) is 30.7 Å². The number of hydrogen-bond acceptors (Lipinski definition) is 4. The van der Waals surface area contributed by atoms with Crippen molar-refractivity contribution in [2.24, 2.45) is 5.92 Å². The van der Waals surface area contributed by atoms with Crippen LogP contribution in [0.2, 0.25) is 0 Å².